The molecule has 3 rings (SSSR count). The molecule has 16 heavy (non-hydrogen) atoms. The van der Waals surface area contributed by atoms with Crippen LogP contribution in [0.3, 0.4) is 0 Å². The summed E-state index contributed by atoms with van der Waals surface area (Å²) in [4.78, 5) is 0. The van der Waals surface area contributed by atoms with Crippen molar-refractivity contribution >= 4 is 28.7 Å². The zero-order chi connectivity index (χ0) is 11.0. The zero-order valence-electron chi connectivity index (χ0n) is 8.63. The second-order valence-electron chi connectivity index (χ2n) is 3.83. The van der Waals surface area contributed by atoms with Gasteiger partial charge in [0.25, 0.3) is 0 Å². The number of anilines is 3. The maximum atomic E-state index is 5.99. The average Bonchev–Trinajstić information content (AvgIpc) is 2.48. The first-order valence-corrected chi connectivity index (χ1v) is 5.59. The SMILES string of the molecule is Clc1ccc2c(c1)CNc1ccccc1N2. The van der Waals surface area contributed by atoms with E-state index in [9.17, 15) is 0 Å². The lowest BCUT2D eigenvalue weighted by molar-refractivity contribution is 1.17. The Morgan fingerprint density at radius 1 is 0.938 bits per heavy atom. The van der Waals surface area contributed by atoms with Crippen LogP contribution >= 0.6 is 11.6 Å². The number of para-hydroxylation sites is 2. The molecule has 0 bridgehead atoms. The van der Waals surface area contributed by atoms with Gasteiger partial charge in [0.05, 0.1) is 11.4 Å². The Morgan fingerprint density at radius 3 is 2.62 bits per heavy atom. The quantitative estimate of drug-likeness (QED) is 0.715. The number of benzene rings is 2. The minimum atomic E-state index is 0.772. The van der Waals surface area contributed by atoms with Gasteiger partial charge in [0.2, 0.25) is 0 Å². The Morgan fingerprint density at radius 2 is 1.75 bits per heavy atom. The van der Waals surface area contributed by atoms with Gasteiger partial charge in [0.15, 0.2) is 0 Å². The molecule has 0 atom stereocenters. The van der Waals surface area contributed by atoms with Gasteiger partial charge >= 0.3 is 0 Å². The highest BCUT2D eigenvalue weighted by Crippen LogP contribution is 2.32. The van der Waals surface area contributed by atoms with Crippen LogP contribution in [-0.2, 0) is 6.54 Å². The molecule has 3 heteroatoms. The van der Waals surface area contributed by atoms with Crippen LogP contribution in [0.25, 0.3) is 0 Å². The number of rotatable bonds is 0. The highest BCUT2D eigenvalue weighted by molar-refractivity contribution is 6.30. The van der Waals surface area contributed by atoms with Crippen molar-refractivity contribution in [3.8, 4) is 0 Å². The topological polar surface area (TPSA) is 24.1 Å². The van der Waals surface area contributed by atoms with Crippen LogP contribution in [0, 0.1) is 0 Å². The molecule has 0 fully saturated rings. The fraction of sp³-hybridized carbons (Fsp3) is 0.0769. The molecule has 2 nitrogen and oxygen atoms in total. The van der Waals surface area contributed by atoms with Crippen molar-refractivity contribution < 1.29 is 0 Å². The molecular weight excluding hydrogens is 220 g/mol. The van der Waals surface area contributed by atoms with Gasteiger partial charge in [0, 0.05) is 17.3 Å². The molecular formula is C13H11ClN2. The molecule has 0 amide bonds. The van der Waals surface area contributed by atoms with Crippen LogP contribution in [-0.4, -0.2) is 0 Å². The number of halogens is 1. The van der Waals surface area contributed by atoms with Crippen molar-refractivity contribution in [2.24, 2.45) is 0 Å². The maximum absolute atomic E-state index is 5.99. The van der Waals surface area contributed by atoms with Crippen LogP contribution in [0.2, 0.25) is 5.02 Å². The Bertz CT molecular complexity index is 537. The Hall–Kier alpha value is -1.67. The van der Waals surface area contributed by atoms with Gasteiger partial charge in [-0.15, -0.1) is 0 Å². The van der Waals surface area contributed by atoms with Crippen LogP contribution in [0.15, 0.2) is 42.5 Å². The van der Waals surface area contributed by atoms with Gasteiger partial charge in [-0.2, -0.15) is 0 Å². The highest BCUT2D eigenvalue weighted by Gasteiger charge is 2.11. The van der Waals surface area contributed by atoms with E-state index in [4.69, 9.17) is 11.6 Å². The van der Waals surface area contributed by atoms with Crippen molar-refractivity contribution in [2.45, 2.75) is 6.54 Å². The molecule has 0 spiro atoms. The van der Waals surface area contributed by atoms with Crippen molar-refractivity contribution in [3.05, 3.63) is 53.1 Å². The van der Waals surface area contributed by atoms with Crippen LogP contribution in [0.1, 0.15) is 5.56 Å². The molecule has 1 heterocycles. The van der Waals surface area contributed by atoms with Crippen molar-refractivity contribution in [1.29, 1.82) is 0 Å². The summed E-state index contributed by atoms with van der Waals surface area (Å²) in [6.07, 6.45) is 0. The number of fused-ring (bicyclic) bond motifs is 2. The molecule has 0 saturated heterocycles. The van der Waals surface area contributed by atoms with E-state index >= 15 is 0 Å². The van der Waals surface area contributed by atoms with Gasteiger partial charge in [-0.1, -0.05) is 23.7 Å². The Labute approximate surface area is 99.3 Å². The summed E-state index contributed by atoms with van der Waals surface area (Å²) in [5.74, 6) is 0. The number of hydrogen-bond donors (Lipinski definition) is 2. The third-order valence-electron chi connectivity index (χ3n) is 2.73. The molecule has 2 aromatic carbocycles. The summed E-state index contributed by atoms with van der Waals surface area (Å²) in [6, 6.07) is 14.1. The predicted molar refractivity (Wildman–Crippen MR) is 68.5 cm³/mol. The minimum absolute atomic E-state index is 0.772. The van der Waals surface area contributed by atoms with Crippen molar-refractivity contribution in [2.75, 3.05) is 10.6 Å². The third-order valence-corrected chi connectivity index (χ3v) is 2.97. The second-order valence-corrected chi connectivity index (χ2v) is 4.26. The molecule has 80 valence electrons. The standard InChI is InChI=1S/C13H11ClN2/c14-10-5-6-11-9(7-10)8-15-12-3-1-2-4-13(12)16-11/h1-7,15-16H,8H2. The summed E-state index contributed by atoms with van der Waals surface area (Å²) >= 11 is 5.99. The molecule has 0 unspecified atom stereocenters. The molecule has 2 N–H and O–H groups in total. The van der Waals surface area contributed by atoms with E-state index in [0.717, 1.165) is 28.6 Å². The van der Waals surface area contributed by atoms with E-state index in [1.165, 1.54) is 5.56 Å². The van der Waals surface area contributed by atoms with E-state index in [0.29, 0.717) is 0 Å². The number of hydrogen-bond acceptors (Lipinski definition) is 2. The van der Waals surface area contributed by atoms with E-state index in [1.54, 1.807) is 0 Å². The fourth-order valence-electron chi connectivity index (χ4n) is 1.91. The van der Waals surface area contributed by atoms with Crippen molar-refractivity contribution in [1.82, 2.24) is 0 Å². The monoisotopic (exact) mass is 230 g/mol. The van der Waals surface area contributed by atoms with Crippen molar-refractivity contribution in [3.63, 3.8) is 0 Å². The summed E-state index contributed by atoms with van der Waals surface area (Å²) in [7, 11) is 0. The summed E-state index contributed by atoms with van der Waals surface area (Å²) in [5, 5.41) is 7.57. The lowest BCUT2D eigenvalue weighted by Crippen LogP contribution is -1.96. The molecule has 0 saturated carbocycles. The second kappa shape index (κ2) is 3.72. The first-order valence-electron chi connectivity index (χ1n) is 5.21. The smallest absolute Gasteiger partial charge is 0.0620 e. The van der Waals surface area contributed by atoms with Gasteiger partial charge in [-0.25, -0.2) is 0 Å². The average molecular weight is 231 g/mol. The highest BCUT2D eigenvalue weighted by atomic mass is 35.5. The number of nitrogens with one attached hydrogen (secondary N) is 2. The lowest BCUT2D eigenvalue weighted by atomic mass is 10.2. The molecule has 1 aliphatic heterocycles. The van der Waals surface area contributed by atoms with Crippen LogP contribution in [0.5, 0.6) is 0 Å². The van der Waals surface area contributed by atoms with Gasteiger partial charge in [0.1, 0.15) is 0 Å². The van der Waals surface area contributed by atoms with Gasteiger partial charge in [-0.05, 0) is 35.9 Å². The molecule has 0 radical (unpaired) electrons. The first kappa shape index (κ1) is 9.55. The first-order chi connectivity index (χ1) is 7.83. The minimum Gasteiger partial charge on any atom is -0.379 e. The predicted octanol–water partition coefficient (Wildman–Crippen LogP) is 4.01. The van der Waals surface area contributed by atoms with Crippen LogP contribution in [0.4, 0.5) is 17.1 Å². The maximum Gasteiger partial charge on any atom is 0.0620 e. The molecule has 0 aliphatic carbocycles. The fourth-order valence-corrected chi connectivity index (χ4v) is 2.11. The third kappa shape index (κ3) is 1.61. The summed E-state index contributed by atoms with van der Waals surface area (Å²) in [5.41, 5.74) is 4.52. The molecule has 1 aliphatic rings. The largest absolute Gasteiger partial charge is 0.379 e. The van der Waals surface area contributed by atoms with E-state index in [-0.39, 0.29) is 0 Å². The summed E-state index contributed by atoms with van der Waals surface area (Å²) in [6.45, 7) is 0.792. The van der Waals surface area contributed by atoms with Gasteiger partial charge in [-0.3, -0.25) is 0 Å². The molecule has 2 aromatic rings. The normalized spacial score (nSPS) is 12.8. The van der Waals surface area contributed by atoms with Gasteiger partial charge < -0.3 is 10.6 Å². The molecule has 0 aromatic heterocycles. The zero-order valence-corrected chi connectivity index (χ0v) is 9.38. The van der Waals surface area contributed by atoms with E-state index < -0.39 is 0 Å². The summed E-state index contributed by atoms with van der Waals surface area (Å²) < 4.78 is 0. The van der Waals surface area contributed by atoms with Crippen LogP contribution < -0.4 is 10.6 Å². The van der Waals surface area contributed by atoms with E-state index in [1.807, 2.05) is 30.3 Å². The lowest BCUT2D eigenvalue weighted by Gasteiger charge is -2.08. The Balaban J connectivity index is 2.08. The van der Waals surface area contributed by atoms with E-state index in [2.05, 4.69) is 22.8 Å². The Kier molecular flexibility index (Phi) is 2.22.